The topological polar surface area (TPSA) is 76.3 Å². The predicted octanol–water partition coefficient (Wildman–Crippen LogP) is 1.74. The van der Waals surface area contributed by atoms with Gasteiger partial charge in [0.1, 0.15) is 11.6 Å². The molecule has 1 fully saturated rings. The maximum Gasteiger partial charge on any atom is 0.223 e. The number of nitrogens with zero attached hydrogens (tertiary/aromatic N) is 3. The van der Waals surface area contributed by atoms with E-state index in [-0.39, 0.29) is 0 Å². The second-order valence-corrected chi connectivity index (χ2v) is 5.31. The van der Waals surface area contributed by atoms with Gasteiger partial charge in [-0.25, -0.2) is 0 Å². The van der Waals surface area contributed by atoms with Crippen LogP contribution in [-0.4, -0.2) is 43.3 Å². The van der Waals surface area contributed by atoms with Crippen molar-refractivity contribution in [3.05, 3.63) is 6.07 Å². The number of aromatic nitrogens is 2. The Labute approximate surface area is 120 Å². The van der Waals surface area contributed by atoms with Gasteiger partial charge in [-0.15, -0.1) is 0 Å². The summed E-state index contributed by atoms with van der Waals surface area (Å²) in [6, 6.07) is 1.99. The molecule has 0 saturated carbocycles. The first kappa shape index (κ1) is 14.8. The van der Waals surface area contributed by atoms with Crippen LogP contribution in [-0.2, 0) is 4.74 Å². The zero-order valence-corrected chi connectivity index (χ0v) is 12.4. The highest BCUT2D eigenvalue weighted by Crippen LogP contribution is 2.24. The fourth-order valence-electron chi connectivity index (χ4n) is 2.60. The lowest BCUT2D eigenvalue weighted by molar-refractivity contribution is 0.143. The molecule has 0 aromatic carbocycles. The summed E-state index contributed by atoms with van der Waals surface area (Å²) in [6.07, 6.45) is 3.43. The summed E-state index contributed by atoms with van der Waals surface area (Å²) < 4.78 is 5.27. The Morgan fingerprint density at radius 3 is 3.10 bits per heavy atom. The van der Waals surface area contributed by atoms with Crippen LogP contribution in [0.3, 0.4) is 0 Å². The maximum absolute atomic E-state index is 5.82. The van der Waals surface area contributed by atoms with Crippen LogP contribution in [0.5, 0.6) is 0 Å². The van der Waals surface area contributed by atoms with Crippen molar-refractivity contribution in [2.45, 2.75) is 26.2 Å². The molecule has 2 rings (SSSR count). The second kappa shape index (κ2) is 7.28. The average Bonchev–Trinajstić information content (AvgIpc) is 2.45. The Hall–Kier alpha value is -1.56. The van der Waals surface area contributed by atoms with E-state index in [9.17, 15) is 0 Å². The van der Waals surface area contributed by atoms with Gasteiger partial charge in [-0.3, -0.25) is 0 Å². The molecule has 0 radical (unpaired) electrons. The van der Waals surface area contributed by atoms with Gasteiger partial charge in [-0.05, 0) is 25.2 Å². The van der Waals surface area contributed by atoms with Crippen LogP contribution in [0.15, 0.2) is 6.07 Å². The van der Waals surface area contributed by atoms with E-state index in [1.54, 1.807) is 7.11 Å². The lowest BCUT2D eigenvalue weighted by Gasteiger charge is -2.33. The van der Waals surface area contributed by atoms with Crippen molar-refractivity contribution in [3.63, 3.8) is 0 Å². The van der Waals surface area contributed by atoms with E-state index >= 15 is 0 Å². The summed E-state index contributed by atoms with van der Waals surface area (Å²) >= 11 is 0. The van der Waals surface area contributed by atoms with Crippen LogP contribution in [0, 0.1) is 5.92 Å². The molecular weight excluding hydrogens is 254 g/mol. The molecule has 1 aliphatic rings. The number of hydrogen-bond donors (Lipinski definition) is 2. The molecule has 6 nitrogen and oxygen atoms in total. The number of hydrogen-bond acceptors (Lipinski definition) is 6. The monoisotopic (exact) mass is 279 g/mol. The first-order valence-corrected chi connectivity index (χ1v) is 7.35. The van der Waals surface area contributed by atoms with Crippen molar-refractivity contribution in [3.8, 4) is 0 Å². The average molecular weight is 279 g/mol. The standard InChI is InChI=1S/C14H25N5O/c1-3-6-16-12-8-13(18-14(15)17-12)19-7-4-5-11(9-19)10-20-2/h8,11H,3-7,9-10H2,1-2H3,(H3,15,16,17,18). The van der Waals surface area contributed by atoms with Gasteiger partial charge in [-0.2, -0.15) is 9.97 Å². The van der Waals surface area contributed by atoms with Crippen LogP contribution < -0.4 is 16.0 Å². The highest BCUT2D eigenvalue weighted by atomic mass is 16.5. The number of nitrogen functional groups attached to an aromatic ring is 1. The van der Waals surface area contributed by atoms with Gasteiger partial charge < -0.3 is 20.7 Å². The highest BCUT2D eigenvalue weighted by molar-refractivity contribution is 5.52. The summed E-state index contributed by atoms with van der Waals surface area (Å²) in [4.78, 5) is 10.9. The van der Waals surface area contributed by atoms with E-state index in [1.807, 2.05) is 6.07 Å². The maximum atomic E-state index is 5.82. The molecule has 1 aromatic heterocycles. The molecule has 2 heterocycles. The summed E-state index contributed by atoms with van der Waals surface area (Å²) in [5.74, 6) is 2.62. The van der Waals surface area contributed by atoms with E-state index in [0.717, 1.165) is 50.7 Å². The van der Waals surface area contributed by atoms with E-state index in [0.29, 0.717) is 11.9 Å². The van der Waals surface area contributed by atoms with Gasteiger partial charge in [0.2, 0.25) is 5.95 Å². The first-order chi connectivity index (χ1) is 9.72. The summed E-state index contributed by atoms with van der Waals surface area (Å²) in [5, 5.41) is 3.27. The van der Waals surface area contributed by atoms with Crippen molar-refractivity contribution in [1.82, 2.24) is 9.97 Å². The summed E-state index contributed by atoms with van der Waals surface area (Å²) in [7, 11) is 1.76. The van der Waals surface area contributed by atoms with Crippen molar-refractivity contribution in [1.29, 1.82) is 0 Å². The molecule has 3 N–H and O–H groups in total. The van der Waals surface area contributed by atoms with Gasteiger partial charge in [0, 0.05) is 32.8 Å². The minimum Gasteiger partial charge on any atom is -0.384 e. The predicted molar refractivity (Wildman–Crippen MR) is 82.0 cm³/mol. The quantitative estimate of drug-likeness (QED) is 0.826. The fraction of sp³-hybridized carbons (Fsp3) is 0.714. The van der Waals surface area contributed by atoms with Crippen molar-refractivity contribution in [2.24, 2.45) is 5.92 Å². The van der Waals surface area contributed by atoms with E-state index in [2.05, 4.69) is 27.1 Å². The van der Waals surface area contributed by atoms with E-state index < -0.39 is 0 Å². The molecule has 0 amide bonds. The zero-order chi connectivity index (χ0) is 14.4. The number of rotatable bonds is 6. The second-order valence-electron chi connectivity index (χ2n) is 5.31. The third kappa shape index (κ3) is 3.96. The van der Waals surface area contributed by atoms with Crippen molar-refractivity contribution < 1.29 is 4.74 Å². The molecule has 0 bridgehead atoms. The number of nitrogens with one attached hydrogen (secondary N) is 1. The third-order valence-corrected chi connectivity index (χ3v) is 3.53. The molecule has 1 unspecified atom stereocenters. The van der Waals surface area contributed by atoms with Gasteiger partial charge in [0.25, 0.3) is 0 Å². The van der Waals surface area contributed by atoms with Gasteiger partial charge in [-0.1, -0.05) is 6.92 Å². The molecule has 0 spiro atoms. The molecule has 1 aromatic rings. The minimum atomic E-state index is 0.329. The van der Waals surface area contributed by atoms with Gasteiger partial charge in [0.05, 0.1) is 6.61 Å². The van der Waals surface area contributed by atoms with Crippen LogP contribution in [0.4, 0.5) is 17.6 Å². The van der Waals surface area contributed by atoms with Crippen LogP contribution in [0.25, 0.3) is 0 Å². The van der Waals surface area contributed by atoms with E-state index in [4.69, 9.17) is 10.5 Å². The Morgan fingerprint density at radius 2 is 2.35 bits per heavy atom. The number of ether oxygens (including phenoxy) is 1. The molecule has 112 valence electrons. The Balaban J connectivity index is 2.08. The molecule has 20 heavy (non-hydrogen) atoms. The Bertz CT molecular complexity index is 424. The first-order valence-electron chi connectivity index (χ1n) is 7.35. The molecule has 1 aliphatic heterocycles. The Kier molecular flexibility index (Phi) is 5.40. The molecule has 6 heteroatoms. The van der Waals surface area contributed by atoms with E-state index in [1.165, 1.54) is 6.42 Å². The largest absolute Gasteiger partial charge is 0.384 e. The molecule has 0 aliphatic carbocycles. The number of nitrogens with two attached hydrogens (primary N) is 1. The highest BCUT2D eigenvalue weighted by Gasteiger charge is 2.21. The third-order valence-electron chi connectivity index (χ3n) is 3.53. The molecular formula is C14H25N5O. The van der Waals surface area contributed by atoms with Crippen LogP contribution in [0.2, 0.25) is 0 Å². The smallest absolute Gasteiger partial charge is 0.223 e. The lowest BCUT2D eigenvalue weighted by atomic mass is 9.99. The van der Waals surface area contributed by atoms with Crippen LogP contribution in [0.1, 0.15) is 26.2 Å². The van der Waals surface area contributed by atoms with Crippen molar-refractivity contribution in [2.75, 3.05) is 49.3 Å². The van der Waals surface area contributed by atoms with Crippen molar-refractivity contribution >= 4 is 17.6 Å². The lowest BCUT2D eigenvalue weighted by Crippen LogP contribution is -2.37. The minimum absolute atomic E-state index is 0.329. The fourth-order valence-corrected chi connectivity index (χ4v) is 2.60. The SMILES string of the molecule is CCCNc1cc(N2CCCC(COC)C2)nc(N)n1. The molecule has 1 saturated heterocycles. The summed E-state index contributed by atoms with van der Waals surface area (Å²) in [6.45, 7) is 5.81. The van der Waals surface area contributed by atoms with Gasteiger partial charge in [0.15, 0.2) is 0 Å². The Morgan fingerprint density at radius 1 is 1.50 bits per heavy atom. The van der Waals surface area contributed by atoms with Gasteiger partial charge >= 0.3 is 0 Å². The number of anilines is 3. The zero-order valence-electron chi connectivity index (χ0n) is 12.4. The number of methoxy groups -OCH3 is 1. The normalized spacial score (nSPS) is 19.1. The molecule has 1 atom stereocenters. The number of piperidine rings is 1. The van der Waals surface area contributed by atoms with Crippen LogP contribution >= 0.6 is 0 Å². The summed E-state index contributed by atoms with van der Waals surface area (Å²) in [5.41, 5.74) is 5.82.